The van der Waals surface area contributed by atoms with Gasteiger partial charge in [-0.2, -0.15) is 5.10 Å². The first-order chi connectivity index (χ1) is 17.3. The first-order valence-electron chi connectivity index (χ1n) is 13.1. The van der Waals surface area contributed by atoms with Gasteiger partial charge in [-0.15, -0.1) is 0 Å². The fraction of sp³-hybridized carbons (Fsp3) is 0.536. The average molecular weight is 497 g/mol. The first-order valence-corrected chi connectivity index (χ1v) is 13.1. The number of likely N-dealkylation sites (tertiary alicyclic amines) is 1. The number of amides is 2. The van der Waals surface area contributed by atoms with Crippen molar-refractivity contribution in [1.29, 1.82) is 0 Å². The van der Waals surface area contributed by atoms with Crippen LogP contribution < -0.4 is 0 Å². The largest absolute Gasteiger partial charge is 0.450 e. The Kier molecular flexibility index (Phi) is 8.11. The van der Waals surface area contributed by atoms with Crippen LogP contribution in [0.5, 0.6) is 0 Å². The van der Waals surface area contributed by atoms with Crippen molar-refractivity contribution in [3.63, 3.8) is 0 Å². The minimum atomic E-state index is -0.339. The van der Waals surface area contributed by atoms with Crippen LogP contribution in [0.2, 0.25) is 0 Å². The summed E-state index contributed by atoms with van der Waals surface area (Å²) in [5.74, 6) is -0.305. The number of nitrogens with zero attached hydrogens (tertiary/aromatic N) is 4. The van der Waals surface area contributed by atoms with Gasteiger partial charge < -0.3 is 14.2 Å². The Hall–Kier alpha value is -3.16. The highest BCUT2D eigenvalue weighted by atomic mass is 19.1. The minimum absolute atomic E-state index is 0.0639. The van der Waals surface area contributed by atoms with Crippen LogP contribution in [0, 0.1) is 5.82 Å². The van der Waals surface area contributed by atoms with Crippen LogP contribution in [-0.2, 0) is 11.3 Å². The van der Waals surface area contributed by atoms with E-state index in [-0.39, 0.29) is 35.2 Å². The predicted octanol–water partition coefficient (Wildman–Crippen LogP) is 5.56. The molecule has 3 aromatic rings. The molecule has 0 aliphatic carbocycles. The number of fused-ring (bicyclic) bond motifs is 1. The molecular weight excluding hydrogens is 459 g/mol. The highest BCUT2D eigenvalue weighted by molar-refractivity contribution is 5.97. The van der Waals surface area contributed by atoms with Crippen molar-refractivity contribution in [3.05, 3.63) is 53.3 Å². The maximum atomic E-state index is 16.0. The second-order valence-electron chi connectivity index (χ2n) is 9.96. The van der Waals surface area contributed by atoms with E-state index in [4.69, 9.17) is 4.42 Å². The fourth-order valence-electron chi connectivity index (χ4n) is 5.09. The summed E-state index contributed by atoms with van der Waals surface area (Å²) in [7, 11) is 1.73. The van der Waals surface area contributed by atoms with Gasteiger partial charge in [0.2, 0.25) is 5.91 Å². The molecule has 2 aromatic heterocycles. The molecule has 1 aliphatic heterocycles. The van der Waals surface area contributed by atoms with E-state index < -0.39 is 0 Å². The molecule has 0 spiro atoms. The number of benzene rings is 1. The smallest absolute Gasteiger partial charge is 0.289 e. The van der Waals surface area contributed by atoms with Gasteiger partial charge in [0.25, 0.3) is 5.91 Å². The lowest BCUT2D eigenvalue weighted by atomic mass is 9.85. The van der Waals surface area contributed by atoms with Crippen LogP contribution in [0.1, 0.15) is 86.4 Å². The number of aromatic nitrogens is 2. The third-order valence-corrected chi connectivity index (χ3v) is 7.38. The average Bonchev–Trinajstić information content (AvgIpc) is 3.57. The highest BCUT2D eigenvalue weighted by Crippen LogP contribution is 2.39. The lowest BCUT2D eigenvalue weighted by Crippen LogP contribution is -2.39. The molecule has 4 rings (SSSR count). The number of hydrogen-bond donors (Lipinski definition) is 0. The maximum Gasteiger partial charge on any atom is 0.289 e. The second-order valence-corrected chi connectivity index (χ2v) is 9.96. The van der Waals surface area contributed by atoms with Gasteiger partial charge in [-0.25, -0.2) is 4.39 Å². The van der Waals surface area contributed by atoms with Gasteiger partial charge in [0.05, 0.1) is 5.39 Å². The Labute approximate surface area is 212 Å². The van der Waals surface area contributed by atoms with Gasteiger partial charge >= 0.3 is 0 Å². The van der Waals surface area contributed by atoms with E-state index in [9.17, 15) is 9.59 Å². The number of rotatable bonds is 9. The first kappa shape index (κ1) is 25.9. The number of aryl methyl sites for hydroxylation is 1. The number of halogens is 1. The number of hydrogen-bond acceptors (Lipinski definition) is 4. The number of carbonyl (C=O) groups excluding carboxylic acids is 2. The predicted molar refractivity (Wildman–Crippen MR) is 138 cm³/mol. The van der Waals surface area contributed by atoms with Crippen LogP contribution in [0.3, 0.4) is 0 Å². The molecule has 1 fully saturated rings. The summed E-state index contributed by atoms with van der Waals surface area (Å²) in [6.07, 6.45) is 7.25. The van der Waals surface area contributed by atoms with Crippen molar-refractivity contribution in [1.82, 2.24) is 19.6 Å². The zero-order chi connectivity index (χ0) is 25.8. The van der Waals surface area contributed by atoms with E-state index in [1.165, 1.54) is 0 Å². The fourth-order valence-corrected chi connectivity index (χ4v) is 5.09. The van der Waals surface area contributed by atoms with E-state index in [1.54, 1.807) is 28.9 Å². The number of furan rings is 1. The van der Waals surface area contributed by atoms with Crippen molar-refractivity contribution in [2.75, 3.05) is 26.7 Å². The molecule has 0 N–H and O–H groups in total. The van der Waals surface area contributed by atoms with Crippen molar-refractivity contribution >= 4 is 22.8 Å². The van der Waals surface area contributed by atoms with Crippen molar-refractivity contribution in [2.24, 2.45) is 0 Å². The van der Waals surface area contributed by atoms with Gasteiger partial charge in [-0.1, -0.05) is 20.8 Å². The summed E-state index contributed by atoms with van der Waals surface area (Å²) in [6.45, 7) is 8.50. The van der Waals surface area contributed by atoms with Crippen LogP contribution in [0.25, 0.3) is 11.0 Å². The van der Waals surface area contributed by atoms with E-state index in [0.717, 1.165) is 31.2 Å². The SMILES string of the molecule is CCCN(C)C(=O)c1cc2c(F)c([C@@H]3CCCN(C(=O)CCn4cccn4)C3)cc(C(C)CC)c2o1. The van der Waals surface area contributed by atoms with Crippen molar-refractivity contribution in [2.45, 2.75) is 71.3 Å². The standard InChI is InChI=1S/C28H37FN4O3/c1-5-12-31(4)28(35)24-17-23-26(29)22(16-21(19(3)6-2)27(23)36-24)20-9-7-13-32(18-20)25(34)10-15-33-14-8-11-30-33/h8,11,14,16-17,19-20H,5-7,9-10,12-13,15,18H2,1-4H3/t19?,20-/m1/s1. The molecule has 7 nitrogen and oxygen atoms in total. The van der Waals surface area contributed by atoms with Gasteiger partial charge in [-0.3, -0.25) is 14.3 Å². The highest BCUT2D eigenvalue weighted by Gasteiger charge is 2.30. The zero-order valence-corrected chi connectivity index (χ0v) is 21.8. The second kappa shape index (κ2) is 11.3. The van der Waals surface area contributed by atoms with Crippen LogP contribution in [0.4, 0.5) is 4.39 Å². The van der Waals surface area contributed by atoms with E-state index in [2.05, 4.69) is 18.9 Å². The zero-order valence-electron chi connectivity index (χ0n) is 21.8. The molecule has 2 amide bonds. The third kappa shape index (κ3) is 5.32. The Morgan fingerprint density at radius 2 is 2.11 bits per heavy atom. The summed E-state index contributed by atoms with van der Waals surface area (Å²) in [6, 6.07) is 5.32. The normalized spacial score (nSPS) is 16.9. The molecule has 8 heteroatoms. The molecule has 1 unspecified atom stereocenters. The molecule has 194 valence electrons. The Bertz CT molecular complexity index is 1200. The van der Waals surface area contributed by atoms with Gasteiger partial charge in [-0.05, 0) is 54.9 Å². The summed E-state index contributed by atoms with van der Waals surface area (Å²) in [5.41, 5.74) is 1.99. The number of carbonyl (C=O) groups is 2. The molecule has 0 bridgehead atoms. The van der Waals surface area contributed by atoms with Crippen LogP contribution in [0.15, 0.2) is 35.0 Å². The van der Waals surface area contributed by atoms with Gasteiger partial charge in [0.1, 0.15) is 11.4 Å². The molecule has 36 heavy (non-hydrogen) atoms. The summed E-state index contributed by atoms with van der Waals surface area (Å²) in [4.78, 5) is 29.3. The van der Waals surface area contributed by atoms with Crippen molar-refractivity contribution < 1.29 is 18.4 Å². The van der Waals surface area contributed by atoms with E-state index in [0.29, 0.717) is 49.1 Å². The van der Waals surface area contributed by atoms with E-state index in [1.807, 2.05) is 30.2 Å². The van der Waals surface area contributed by atoms with Crippen molar-refractivity contribution in [3.8, 4) is 0 Å². The molecule has 1 aliphatic rings. The minimum Gasteiger partial charge on any atom is -0.450 e. The van der Waals surface area contributed by atoms with Gasteiger partial charge in [0, 0.05) is 64.0 Å². The quantitative estimate of drug-likeness (QED) is 0.389. The summed E-state index contributed by atoms with van der Waals surface area (Å²) < 4.78 is 23.7. The third-order valence-electron chi connectivity index (χ3n) is 7.38. The molecule has 2 atom stereocenters. The van der Waals surface area contributed by atoms with Gasteiger partial charge in [0.15, 0.2) is 5.76 Å². The summed E-state index contributed by atoms with van der Waals surface area (Å²) >= 11 is 0. The van der Waals surface area contributed by atoms with Crippen LogP contribution in [-0.4, -0.2) is 58.1 Å². The monoisotopic (exact) mass is 496 g/mol. The summed E-state index contributed by atoms with van der Waals surface area (Å²) in [5, 5.41) is 4.53. The number of piperidine rings is 1. The van der Waals surface area contributed by atoms with Crippen LogP contribution >= 0.6 is 0 Å². The Morgan fingerprint density at radius 3 is 2.81 bits per heavy atom. The molecular formula is C28H37FN4O3. The molecule has 0 radical (unpaired) electrons. The molecule has 1 saturated heterocycles. The topological polar surface area (TPSA) is 71.6 Å². The Balaban J connectivity index is 1.63. The lowest BCUT2D eigenvalue weighted by Gasteiger charge is -2.33. The molecule has 1 aromatic carbocycles. The van der Waals surface area contributed by atoms with E-state index >= 15 is 4.39 Å². The lowest BCUT2D eigenvalue weighted by molar-refractivity contribution is -0.132. The Morgan fingerprint density at radius 1 is 1.31 bits per heavy atom. The molecule has 0 saturated carbocycles. The maximum absolute atomic E-state index is 16.0. The molecule has 3 heterocycles.